The zero-order valence-corrected chi connectivity index (χ0v) is 15.3. The van der Waals surface area contributed by atoms with Gasteiger partial charge in [-0.3, -0.25) is 14.4 Å². The molecule has 3 rings (SSSR count). The van der Waals surface area contributed by atoms with Crippen LogP contribution < -0.4 is 10.1 Å². The number of benzene rings is 1. The maximum absolute atomic E-state index is 12.4. The molecule has 1 aliphatic heterocycles. The summed E-state index contributed by atoms with van der Waals surface area (Å²) in [6.45, 7) is 8.22. The number of hydrogen-bond acceptors (Lipinski definition) is 4. The number of ether oxygens (including phenoxy) is 1. The van der Waals surface area contributed by atoms with Gasteiger partial charge >= 0.3 is 0 Å². The zero-order valence-electron chi connectivity index (χ0n) is 15.3. The molecule has 0 unspecified atom stereocenters. The van der Waals surface area contributed by atoms with Crippen molar-refractivity contribution in [3.8, 4) is 5.75 Å². The molecule has 0 bridgehead atoms. The van der Waals surface area contributed by atoms with E-state index in [1.807, 2.05) is 38.1 Å². The van der Waals surface area contributed by atoms with Crippen LogP contribution in [0.15, 0.2) is 30.3 Å². The van der Waals surface area contributed by atoms with Crippen LogP contribution in [0.25, 0.3) is 0 Å². The Labute approximate surface area is 148 Å². The molecular weight excluding hydrogens is 316 g/mol. The fourth-order valence-corrected chi connectivity index (χ4v) is 3.32. The molecule has 1 atom stereocenters. The predicted molar refractivity (Wildman–Crippen MR) is 96.6 cm³/mol. The minimum Gasteiger partial charge on any atom is -0.496 e. The van der Waals surface area contributed by atoms with E-state index in [0.29, 0.717) is 12.6 Å². The lowest BCUT2D eigenvalue weighted by molar-refractivity contribution is -0.128. The molecule has 1 N–H and O–H groups in total. The van der Waals surface area contributed by atoms with Crippen LogP contribution in [0.3, 0.4) is 0 Å². The molecule has 0 radical (unpaired) electrons. The average Bonchev–Trinajstić information content (AvgIpc) is 2.89. The van der Waals surface area contributed by atoms with E-state index in [1.165, 1.54) is 5.69 Å². The van der Waals surface area contributed by atoms with Crippen molar-refractivity contribution in [2.75, 3.05) is 20.2 Å². The third-order valence-electron chi connectivity index (χ3n) is 4.85. The first-order valence-electron chi connectivity index (χ1n) is 8.66. The Balaban J connectivity index is 1.51. The number of carbonyl (C=O) groups excluding carboxylic acids is 1. The average molecular weight is 342 g/mol. The normalized spacial score (nSPS) is 16.3. The number of amides is 1. The summed E-state index contributed by atoms with van der Waals surface area (Å²) in [5, 5.41) is 7.55. The molecule has 1 aromatic heterocycles. The summed E-state index contributed by atoms with van der Waals surface area (Å²) in [6.07, 6.45) is 0. The van der Waals surface area contributed by atoms with Gasteiger partial charge in [-0.25, -0.2) is 0 Å². The Bertz CT molecular complexity index is 750. The number of likely N-dealkylation sites (tertiary alicyclic amines) is 1. The maximum atomic E-state index is 12.4. The first-order chi connectivity index (χ1) is 12.0. The second kappa shape index (κ2) is 7.27. The number of methoxy groups -OCH3 is 1. The van der Waals surface area contributed by atoms with Crippen LogP contribution in [-0.2, 0) is 11.3 Å². The monoisotopic (exact) mass is 342 g/mol. The van der Waals surface area contributed by atoms with Crippen LogP contribution in [0.1, 0.15) is 29.9 Å². The summed E-state index contributed by atoms with van der Waals surface area (Å²) < 4.78 is 7.40. The molecule has 1 aliphatic rings. The molecule has 2 heterocycles. The second-order valence-corrected chi connectivity index (χ2v) is 6.69. The van der Waals surface area contributed by atoms with E-state index in [0.717, 1.165) is 30.1 Å². The molecule has 2 aromatic rings. The van der Waals surface area contributed by atoms with Crippen molar-refractivity contribution >= 4 is 5.91 Å². The number of aryl methyl sites for hydroxylation is 2. The molecular formula is C19H26N4O2. The number of rotatable bonds is 6. The summed E-state index contributed by atoms with van der Waals surface area (Å²) in [7, 11) is 1.64. The number of hydrogen-bond donors (Lipinski definition) is 1. The quantitative estimate of drug-likeness (QED) is 0.873. The molecule has 25 heavy (non-hydrogen) atoms. The fraction of sp³-hybridized carbons (Fsp3) is 0.474. The van der Waals surface area contributed by atoms with Gasteiger partial charge in [-0.1, -0.05) is 18.2 Å². The van der Waals surface area contributed by atoms with E-state index in [4.69, 9.17) is 4.74 Å². The summed E-state index contributed by atoms with van der Waals surface area (Å²) in [4.78, 5) is 14.6. The van der Waals surface area contributed by atoms with Crippen molar-refractivity contribution in [3.05, 3.63) is 47.3 Å². The van der Waals surface area contributed by atoms with Gasteiger partial charge in [0.2, 0.25) is 5.91 Å². The Morgan fingerprint density at radius 3 is 2.72 bits per heavy atom. The standard InChI is InChI=1S/C19H26N4O2/c1-13-9-14(2)23(21-13)17-11-22(12-17)15(3)19(24)20-10-16-7-5-6-8-18(16)25-4/h5-9,15,17H,10-12H2,1-4H3,(H,20,24)/t15-/m1/s1. The van der Waals surface area contributed by atoms with Crippen LogP contribution in [0, 0.1) is 13.8 Å². The van der Waals surface area contributed by atoms with Crippen molar-refractivity contribution in [1.29, 1.82) is 0 Å². The largest absolute Gasteiger partial charge is 0.496 e. The molecule has 6 heteroatoms. The van der Waals surface area contributed by atoms with E-state index in [-0.39, 0.29) is 11.9 Å². The summed E-state index contributed by atoms with van der Waals surface area (Å²) in [5.74, 6) is 0.835. The molecule has 6 nitrogen and oxygen atoms in total. The van der Waals surface area contributed by atoms with E-state index >= 15 is 0 Å². The van der Waals surface area contributed by atoms with Gasteiger partial charge < -0.3 is 10.1 Å². The van der Waals surface area contributed by atoms with Crippen LogP contribution in [0.5, 0.6) is 5.75 Å². The Morgan fingerprint density at radius 1 is 1.36 bits per heavy atom. The molecule has 0 spiro atoms. The van der Waals surface area contributed by atoms with E-state index in [2.05, 4.69) is 33.0 Å². The number of nitrogens with zero attached hydrogens (tertiary/aromatic N) is 3. The lowest BCUT2D eigenvalue weighted by Gasteiger charge is -2.42. The Hall–Kier alpha value is -2.34. The molecule has 1 saturated heterocycles. The van der Waals surface area contributed by atoms with Crippen LogP contribution >= 0.6 is 0 Å². The fourth-order valence-electron chi connectivity index (χ4n) is 3.32. The highest BCUT2D eigenvalue weighted by Gasteiger charge is 2.35. The van der Waals surface area contributed by atoms with Gasteiger partial charge in [-0.05, 0) is 32.9 Å². The highest BCUT2D eigenvalue weighted by molar-refractivity contribution is 5.81. The lowest BCUT2D eigenvalue weighted by Crippen LogP contribution is -2.56. The Kier molecular flexibility index (Phi) is 5.08. The van der Waals surface area contributed by atoms with Gasteiger partial charge in [0.25, 0.3) is 0 Å². The first kappa shape index (κ1) is 17.5. The second-order valence-electron chi connectivity index (χ2n) is 6.69. The van der Waals surface area contributed by atoms with Gasteiger partial charge in [0.05, 0.1) is 24.9 Å². The van der Waals surface area contributed by atoms with E-state index in [1.54, 1.807) is 7.11 Å². The van der Waals surface area contributed by atoms with Gasteiger partial charge in [0.1, 0.15) is 5.75 Å². The minimum absolute atomic E-state index is 0.0396. The summed E-state index contributed by atoms with van der Waals surface area (Å²) in [5.41, 5.74) is 3.20. The SMILES string of the molecule is COc1ccccc1CNC(=O)[C@@H](C)N1CC(n2nc(C)cc2C)C1. The van der Waals surface area contributed by atoms with Crippen molar-refractivity contribution < 1.29 is 9.53 Å². The van der Waals surface area contributed by atoms with Crippen LogP contribution in [0.4, 0.5) is 0 Å². The third-order valence-corrected chi connectivity index (χ3v) is 4.85. The highest BCUT2D eigenvalue weighted by Crippen LogP contribution is 2.25. The van der Waals surface area contributed by atoms with E-state index in [9.17, 15) is 4.79 Å². The summed E-state index contributed by atoms with van der Waals surface area (Å²) >= 11 is 0. The van der Waals surface area contributed by atoms with Gasteiger partial charge in [-0.2, -0.15) is 5.10 Å². The molecule has 1 fully saturated rings. The maximum Gasteiger partial charge on any atom is 0.237 e. The van der Waals surface area contributed by atoms with Crippen molar-refractivity contribution in [2.45, 2.75) is 39.4 Å². The van der Waals surface area contributed by atoms with Gasteiger partial charge in [-0.15, -0.1) is 0 Å². The van der Waals surface area contributed by atoms with Gasteiger partial charge in [0, 0.05) is 30.9 Å². The minimum atomic E-state index is -0.150. The van der Waals surface area contributed by atoms with Gasteiger partial charge in [0.15, 0.2) is 0 Å². The molecule has 1 aromatic carbocycles. The topological polar surface area (TPSA) is 59.4 Å². The number of aromatic nitrogens is 2. The zero-order chi connectivity index (χ0) is 18.0. The number of nitrogens with one attached hydrogen (secondary N) is 1. The molecule has 134 valence electrons. The van der Waals surface area contributed by atoms with Crippen molar-refractivity contribution in [1.82, 2.24) is 20.0 Å². The van der Waals surface area contributed by atoms with Crippen molar-refractivity contribution in [3.63, 3.8) is 0 Å². The molecule has 1 amide bonds. The van der Waals surface area contributed by atoms with E-state index < -0.39 is 0 Å². The highest BCUT2D eigenvalue weighted by atomic mass is 16.5. The summed E-state index contributed by atoms with van der Waals surface area (Å²) in [6, 6.07) is 10.0. The van der Waals surface area contributed by atoms with Crippen LogP contribution in [0.2, 0.25) is 0 Å². The van der Waals surface area contributed by atoms with Crippen LogP contribution in [-0.4, -0.2) is 46.8 Å². The Morgan fingerprint density at radius 2 is 2.08 bits per heavy atom. The lowest BCUT2D eigenvalue weighted by atomic mass is 10.1. The first-order valence-corrected chi connectivity index (χ1v) is 8.66. The van der Waals surface area contributed by atoms with Crippen molar-refractivity contribution in [2.24, 2.45) is 0 Å². The molecule has 0 aliphatic carbocycles. The smallest absolute Gasteiger partial charge is 0.237 e. The predicted octanol–water partition coefficient (Wildman–Crippen LogP) is 2.07. The number of para-hydroxylation sites is 1. The molecule has 0 saturated carbocycles. The number of carbonyl (C=O) groups is 1. The third kappa shape index (κ3) is 3.69.